The number of nitrogens with two attached hydrogens (primary N) is 1. The highest BCUT2D eigenvalue weighted by molar-refractivity contribution is 7.80. The molecule has 1 aromatic rings. The number of amides is 1. The summed E-state index contributed by atoms with van der Waals surface area (Å²) in [7, 11) is 0. The summed E-state index contributed by atoms with van der Waals surface area (Å²) in [5.74, 6) is -0.121. The van der Waals surface area contributed by atoms with Crippen molar-refractivity contribution in [3.8, 4) is 0 Å². The van der Waals surface area contributed by atoms with Crippen LogP contribution in [0.15, 0.2) is 35.4 Å². The fourth-order valence-electron chi connectivity index (χ4n) is 1.17. The summed E-state index contributed by atoms with van der Waals surface area (Å²) in [6.45, 7) is 1.76. The van der Waals surface area contributed by atoms with Crippen LogP contribution in [-0.4, -0.2) is 23.3 Å². The van der Waals surface area contributed by atoms with Crippen LogP contribution < -0.4 is 16.5 Å². The second-order valence-corrected chi connectivity index (χ2v) is 3.75. The van der Waals surface area contributed by atoms with Crippen LogP contribution in [0.4, 0.5) is 0 Å². The van der Waals surface area contributed by atoms with Gasteiger partial charge in [0.1, 0.15) is 0 Å². The number of carbonyl (C=O) groups excluding carboxylic acids is 1. The lowest BCUT2D eigenvalue weighted by Crippen LogP contribution is -2.31. The molecule has 0 atom stereocenters. The van der Waals surface area contributed by atoms with Gasteiger partial charge in [-0.25, -0.2) is 0 Å². The van der Waals surface area contributed by atoms with Gasteiger partial charge in [-0.2, -0.15) is 5.10 Å². The molecule has 0 heterocycles. The molecule has 0 saturated heterocycles. The van der Waals surface area contributed by atoms with Gasteiger partial charge in [-0.15, -0.1) is 0 Å². The topological polar surface area (TPSA) is 79.5 Å². The maximum Gasteiger partial charge on any atom is 0.217 e. The molecule has 6 heteroatoms. The van der Waals surface area contributed by atoms with E-state index in [-0.39, 0.29) is 11.0 Å². The van der Waals surface area contributed by atoms with Gasteiger partial charge in [0.05, 0.1) is 12.3 Å². The molecular weight excluding hydrogens is 236 g/mol. The third-order valence-corrected chi connectivity index (χ3v) is 2.00. The molecule has 0 spiro atoms. The average Bonchev–Trinajstić information content (AvgIpc) is 2.29. The van der Waals surface area contributed by atoms with Crippen LogP contribution in [0.5, 0.6) is 0 Å². The largest absolute Gasteiger partial charge is 0.375 e. The summed E-state index contributed by atoms with van der Waals surface area (Å²) in [5.41, 5.74) is 9.37. The van der Waals surface area contributed by atoms with Crippen LogP contribution >= 0.6 is 12.2 Å². The predicted octanol–water partition coefficient (Wildman–Crippen LogP) is 0.360. The Kier molecular flexibility index (Phi) is 5.09. The maximum atomic E-state index is 10.9. The summed E-state index contributed by atoms with van der Waals surface area (Å²) in [6.07, 6.45) is 0. The van der Waals surface area contributed by atoms with E-state index in [1.54, 1.807) is 0 Å². The fraction of sp³-hybridized carbons (Fsp3) is 0.182. The molecule has 0 fully saturated rings. The van der Waals surface area contributed by atoms with Gasteiger partial charge < -0.3 is 11.1 Å². The highest BCUT2D eigenvalue weighted by atomic mass is 32.1. The minimum Gasteiger partial charge on any atom is -0.375 e. The molecule has 0 aromatic heterocycles. The van der Waals surface area contributed by atoms with E-state index in [0.717, 1.165) is 5.56 Å². The van der Waals surface area contributed by atoms with Crippen LogP contribution in [0, 0.1) is 0 Å². The van der Waals surface area contributed by atoms with Gasteiger partial charge in [-0.05, 0) is 17.8 Å². The van der Waals surface area contributed by atoms with Gasteiger partial charge in [0, 0.05) is 6.92 Å². The van der Waals surface area contributed by atoms with Crippen LogP contribution in [-0.2, 0) is 4.79 Å². The number of nitrogens with one attached hydrogen (secondary N) is 2. The van der Waals surface area contributed by atoms with Crippen molar-refractivity contribution in [1.82, 2.24) is 10.7 Å². The Labute approximate surface area is 105 Å². The lowest BCUT2D eigenvalue weighted by Gasteiger charge is -2.07. The molecule has 17 heavy (non-hydrogen) atoms. The van der Waals surface area contributed by atoms with Crippen LogP contribution in [0.3, 0.4) is 0 Å². The van der Waals surface area contributed by atoms with Crippen molar-refractivity contribution >= 4 is 28.9 Å². The monoisotopic (exact) mass is 250 g/mol. The molecule has 90 valence electrons. The second-order valence-electron chi connectivity index (χ2n) is 3.31. The number of thiocarbonyl (C=S) groups is 1. The van der Waals surface area contributed by atoms with Gasteiger partial charge in [-0.1, -0.05) is 30.3 Å². The molecule has 4 N–H and O–H groups in total. The van der Waals surface area contributed by atoms with E-state index < -0.39 is 0 Å². The smallest absolute Gasteiger partial charge is 0.217 e. The molecule has 0 saturated carbocycles. The van der Waals surface area contributed by atoms with Crippen molar-refractivity contribution in [1.29, 1.82) is 0 Å². The first-order chi connectivity index (χ1) is 8.09. The molecule has 1 aromatic carbocycles. The SMILES string of the molecule is CC(=O)NC/C(=N/NC(N)=S)c1ccccc1. The van der Waals surface area contributed by atoms with E-state index in [1.165, 1.54) is 6.92 Å². The summed E-state index contributed by atoms with van der Waals surface area (Å²) in [5, 5.41) is 6.81. The molecule has 0 bridgehead atoms. The molecule has 0 aliphatic carbocycles. The van der Waals surface area contributed by atoms with Crippen molar-refractivity contribution < 1.29 is 4.79 Å². The van der Waals surface area contributed by atoms with E-state index in [4.69, 9.17) is 5.73 Å². The average molecular weight is 250 g/mol. The predicted molar refractivity (Wildman–Crippen MR) is 71.6 cm³/mol. The molecule has 5 nitrogen and oxygen atoms in total. The van der Waals surface area contributed by atoms with E-state index >= 15 is 0 Å². The summed E-state index contributed by atoms with van der Waals surface area (Å²) < 4.78 is 0. The number of hydrogen-bond donors (Lipinski definition) is 3. The van der Waals surface area contributed by atoms with E-state index in [1.807, 2.05) is 30.3 Å². The molecule has 1 amide bonds. The van der Waals surface area contributed by atoms with Crippen molar-refractivity contribution in [2.24, 2.45) is 10.8 Å². The normalized spacial score (nSPS) is 10.8. The van der Waals surface area contributed by atoms with Gasteiger partial charge in [0.25, 0.3) is 0 Å². The number of benzene rings is 1. The first-order valence-electron chi connectivity index (χ1n) is 5.01. The molecule has 0 unspecified atom stereocenters. The van der Waals surface area contributed by atoms with Gasteiger partial charge in [0.15, 0.2) is 5.11 Å². The lowest BCUT2D eigenvalue weighted by molar-refractivity contribution is -0.118. The van der Waals surface area contributed by atoms with Crippen LogP contribution in [0.1, 0.15) is 12.5 Å². The number of nitrogens with zero attached hydrogens (tertiary/aromatic N) is 1. The standard InChI is InChI=1S/C11H14N4OS/c1-8(16)13-7-10(14-15-11(12)17)9-5-3-2-4-6-9/h2-6H,7H2,1H3,(H,13,16)(H3,12,15,17)/b14-10-. The van der Waals surface area contributed by atoms with Crippen LogP contribution in [0.25, 0.3) is 0 Å². The Hall–Kier alpha value is -1.95. The minimum absolute atomic E-state index is 0.0845. The highest BCUT2D eigenvalue weighted by Crippen LogP contribution is 2.00. The van der Waals surface area contributed by atoms with E-state index in [0.29, 0.717) is 12.3 Å². The number of carbonyl (C=O) groups is 1. The first-order valence-corrected chi connectivity index (χ1v) is 5.42. The molecule has 0 radical (unpaired) electrons. The molecule has 1 rings (SSSR count). The maximum absolute atomic E-state index is 10.9. The number of hydrogen-bond acceptors (Lipinski definition) is 3. The van der Waals surface area contributed by atoms with Crippen molar-refractivity contribution in [3.05, 3.63) is 35.9 Å². The summed E-state index contributed by atoms with van der Waals surface area (Å²) >= 11 is 4.67. The Morgan fingerprint density at radius 3 is 2.59 bits per heavy atom. The van der Waals surface area contributed by atoms with Crippen molar-refractivity contribution in [2.75, 3.05) is 6.54 Å². The molecule has 0 aliphatic heterocycles. The Balaban J connectivity index is 2.82. The zero-order valence-corrected chi connectivity index (χ0v) is 10.3. The van der Waals surface area contributed by atoms with Crippen molar-refractivity contribution in [3.63, 3.8) is 0 Å². The highest BCUT2D eigenvalue weighted by Gasteiger charge is 2.04. The molecular formula is C11H14N4OS. The quantitative estimate of drug-likeness (QED) is 0.409. The zero-order valence-electron chi connectivity index (χ0n) is 9.43. The number of hydrazone groups is 1. The molecule has 0 aliphatic rings. The Bertz CT molecular complexity index is 430. The van der Waals surface area contributed by atoms with E-state index in [9.17, 15) is 4.79 Å². The summed E-state index contributed by atoms with van der Waals surface area (Å²) in [6, 6.07) is 9.46. The second kappa shape index (κ2) is 6.59. The van der Waals surface area contributed by atoms with E-state index in [2.05, 4.69) is 28.1 Å². The first kappa shape index (κ1) is 13.1. The summed E-state index contributed by atoms with van der Waals surface area (Å²) in [4.78, 5) is 10.9. The zero-order chi connectivity index (χ0) is 12.7. The van der Waals surface area contributed by atoms with Gasteiger partial charge in [-0.3, -0.25) is 10.2 Å². The van der Waals surface area contributed by atoms with Crippen LogP contribution in [0.2, 0.25) is 0 Å². The van der Waals surface area contributed by atoms with Gasteiger partial charge >= 0.3 is 0 Å². The van der Waals surface area contributed by atoms with Gasteiger partial charge in [0.2, 0.25) is 5.91 Å². The Morgan fingerprint density at radius 2 is 2.06 bits per heavy atom. The third kappa shape index (κ3) is 5.07. The number of rotatable bonds is 4. The fourth-order valence-corrected chi connectivity index (χ4v) is 1.21. The van der Waals surface area contributed by atoms with Crippen molar-refractivity contribution in [2.45, 2.75) is 6.92 Å². The Morgan fingerprint density at radius 1 is 1.41 bits per heavy atom. The lowest BCUT2D eigenvalue weighted by atomic mass is 10.1. The third-order valence-electron chi connectivity index (χ3n) is 1.91. The minimum atomic E-state index is -0.121.